The largest absolute Gasteiger partial charge is 0.469 e. The van der Waals surface area contributed by atoms with Gasteiger partial charge in [-0.05, 0) is 45.1 Å². The molecule has 1 N–H and O–H groups in total. The molecule has 1 fully saturated rings. The lowest BCUT2D eigenvalue weighted by Crippen LogP contribution is -2.39. The molecule has 0 aliphatic heterocycles. The lowest BCUT2D eigenvalue weighted by atomic mass is 9.84. The minimum atomic E-state index is -0.0170. The Hall–Kier alpha value is -1.29. The molecule has 3 rings (SSSR count). The maximum absolute atomic E-state index is 11.9. The molecule has 0 radical (unpaired) electrons. The molecule has 3 atom stereocenters. The summed E-state index contributed by atoms with van der Waals surface area (Å²) in [5.41, 5.74) is 1.32. The van der Waals surface area contributed by atoms with Crippen LogP contribution in [-0.2, 0) is 16.0 Å². The van der Waals surface area contributed by atoms with Crippen molar-refractivity contribution < 1.29 is 13.9 Å². The van der Waals surface area contributed by atoms with Gasteiger partial charge in [-0.2, -0.15) is 0 Å². The molecule has 0 bridgehead atoms. The van der Waals surface area contributed by atoms with Gasteiger partial charge in [-0.1, -0.05) is 6.42 Å². The van der Waals surface area contributed by atoms with E-state index in [-0.39, 0.29) is 11.9 Å². The number of rotatable bonds is 4. The van der Waals surface area contributed by atoms with Gasteiger partial charge in [-0.15, -0.1) is 0 Å². The summed E-state index contributed by atoms with van der Waals surface area (Å²) in [6, 6.07) is 2.90. The van der Waals surface area contributed by atoms with Gasteiger partial charge in [0.1, 0.15) is 5.76 Å². The number of hydrogen-bond donors (Lipinski definition) is 1. The predicted octanol–water partition coefficient (Wildman–Crippen LogP) is 3.37. The average molecular weight is 291 g/mol. The summed E-state index contributed by atoms with van der Waals surface area (Å²) < 4.78 is 10.7. The molecule has 1 heterocycles. The zero-order valence-electron chi connectivity index (χ0n) is 12.8. The Bertz CT molecular complexity index is 482. The van der Waals surface area contributed by atoms with Crippen molar-refractivity contribution in [1.29, 1.82) is 0 Å². The first-order valence-electron chi connectivity index (χ1n) is 8.27. The van der Waals surface area contributed by atoms with Crippen LogP contribution in [0.15, 0.2) is 16.7 Å². The van der Waals surface area contributed by atoms with Gasteiger partial charge in [0.05, 0.1) is 18.8 Å². The number of carbonyl (C=O) groups is 1. The number of carbonyl (C=O) groups excluding carboxylic acids is 1. The van der Waals surface area contributed by atoms with Gasteiger partial charge in [0.15, 0.2) is 0 Å². The molecular formula is C17H25NO3. The lowest BCUT2D eigenvalue weighted by molar-refractivity contribution is -0.149. The van der Waals surface area contributed by atoms with Crippen molar-refractivity contribution in [3.8, 4) is 0 Å². The van der Waals surface area contributed by atoms with Crippen LogP contribution in [0.25, 0.3) is 0 Å². The van der Waals surface area contributed by atoms with Crippen LogP contribution >= 0.6 is 0 Å². The van der Waals surface area contributed by atoms with E-state index in [4.69, 9.17) is 9.15 Å². The molecule has 2 aliphatic rings. The lowest BCUT2D eigenvalue weighted by Gasteiger charge is -2.33. The van der Waals surface area contributed by atoms with Crippen molar-refractivity contribution in [2.45, 2.75) is 64.0 Å². The average Bonchev–Trinajstić information content (AvgIpc) is 2.97. The Labute approximate surface area is 126 Å². The first-order chi connectivity index (χ1) is 10.3. The molecule has 1 saturated carbocycles. The van der Waals surface area contributed by atoms with E-state index in [1.54, 1.807) is 6.26 Å². The fourth-order valence-electron chi connectivity index (χ4n) is 3.76. The first kappa shape index (κ1) is 14.6. The summed E-state index contributed by atoms with van der Waals surface area (Å²) in [6.45, 7) is 2.35. The first-order valence-corrected chi connectivity index (χ1v) is 8.27. The number of nitrogens with one attached hydrogen (secondary N) is 1. The van der Waals surface area contributed by atoms with Crippen molar-refractivity contribution in [1.82, 2.24) is 5.32 Å². The Morgan fingerprint density at radius 2 is 2.29 bits per heavy atom. The molecule has 3 unspecified atom stereocenters. The number of fused-ring (bicyclic) bond motifs is 1. The summed E-state index contributed by atoms with van der Waals surface area (Å²) in [5, 5.41) is 3.76. The Morgan fingerprint density at radius 1 is 1.38 bits per heavy atom. The van der Waals surface area contributed by atoms with Gasteiger partial charge in [-0.3, -0.25) is 4.79 Å². The van der Waals surface area contributed by atoms with Crippen LogP contribution in [0.1, 0.15) is 62.8 Å². The van der Waals surface area contributed by atoms with Crippen LogP contribution in [0.4, 0.5) is 0 Å². The summed E-state index contributed by atoms with van der Waals surface area (Å²) in [5.74, 6) is 1.19. The predicted molar refractivity (Wildman–Crippen MR) is 79.9 cm³/mol. The minimum Gasteiger partial charge on any atom is -0.469 e. The zero-order chi connectivity index (χ0) is 14.7. The number of ether oxygens (including phenoxy) is 1. The molecular weight excluding hydrogens is 266 g/mol. The van der Waals surface area contributed by atoms with E-state index in [1.165, 1.54) is 12.0 Å². The highest BCUT2D eigenvalue weighted by Crippen LogP contribution is 2.33. The smallest absolute Gasteiger partial charge is 0.308 e. The summed E-state index contributed by atoms with van der Waals surface area (Å²) in [6.07, 6.45) is 9.32. The van der Waals surface area contributed by atoms with Gasteiger partial charge < -0.3 is 14.5 Å². The molecule has 4 heteroatoms. The van der Waals surface area contributed by atoms with Crippen molar-refractivity contribution >= 4 is 5.97 Å². The minimum absolute atomic E-state index is 0.0170. The Kier molecular flexibility index (Phi) is 4.63. The second kappa shape index (κ2) is 6.65. The zero-order valence-corrected chi connectivity index (χ0v) is 12.8. The second-order valence-corrected chi connectivity index (χ2v) is 6.22. The van der Waals surface area contributed by atoms with Gasteiger partial charge in [0, 0.05) is 24.1 Å². The molecule has 1 aromatic rings. The molecule has 0 amide bonds. The number of hydrogen-bond acceptors (Lipinski definition) is 4. The highest BCUT2D eigenvalue weighted by molar-refractivity contribution is 5.72. The molecule has 116 valence electrons. The molecule has 0 spiro atoms. The van der Waals surface area contributed by atoms with Crippen molar-refractivity contribution in [2.24, 2.45) is 5.92 Å². The normalized spacial score (nSPS) is 28.9. The summed E-state index contributed by atoms with van der Waals surface area (Å²) in [4.78, 5) is 11.9. The quantitative estimate of drug-likeness (QED) is 0.864. The molecule has 2 aliphatic carbocycles. The van der Waals surface area contributed by atoms with Gasteiger partial charge in [-0.25, -0.2) is 0 Å². The SMILES string of the molecule is CCOC(=O)C1CCCC(NC2CCCc3occc32)C1. The van der Waals surface area contributed by atoms with E-state index in [0.29, 0.717) is 18.7 Å². The van der Waals surface area contributed by atoms with E-state index in [2.05, 4.69) is 11.4 Å². The third kappa shape index (κ3) is 3.31. The van der Waals surface area contributed by atoms with Crippen LogP contribution in [-0.4, -0.2) is 18.6 Å². The van der Waals surface area contributed by atoms with E-state index in [1.807, 2.05) is 6.92 Å². The molecule has 0 aromatic carbocycles. The van der Waals surface area contributed by atoms with Gasteiger partial charge in [0.25, 0.3) is 0 Å². The monoisotopic (exact) mass is 291 g/mol. The summed E-state index contributed by atoms with van der Waals surface area (Å²) in [7, 11) is 0. The third-order valence-electron chi connectivity index (χ3n) is 4.78. The van der Waals surface area contributed by atoms with E-state index in [9.17, 15) is 4.79 Å². The van der Waals surface area contributed by atoms with Crippen LogP contribution in [0.2, 0.25) is 0 Å². The highest BCUT2D eigenvalue weighted by Gasteiger charge is 2.31. The van der Waals surface area contributed by atoms with Crippen LogP contribution < -0.4 is 5.32 Å². The van der Waals surface area contributed by atoms with Gasteiger partial charge >= 0.3 is 5.97 Å². The molecule has 21 heavy (non-hydrogen) atoms. The number of furan rings is 1. The van der Waals surface area contributed by atoms with Crippen LogP contribution in [0, 0.1) is 5.92 Å². The third-order valence-corrected chi connectivity index (χ3v) is 4.78. The van der Waals surface area contributed by atoms with Crippen molar-refractivity contribution in [3.05, 3.63) is 23.7 Å². The van der Waals surface area contributed by atoms with Crippen LogP contribution in [0.3, 0.4) is 0 Å². The number of aryl methyl sites for hydroxylation is 1. The van der Waals surface area contributed by atoms with Crippen molar-refractivity contribution in [2.75, 3.05) is 6.61 Å². The summed E-state index contributed by atoms with van der Waals surface area (Å²) >= 11 is 0. The number of esters is 1. The van der Waals surface area contributed by atoms with E-state index in [0.717, 1.165) is 44.3 Å². The van der Waals surface area contributed by atoms with E-state index < -0.39 is 0 Å². The fourth-order valence-corrected chi connectivity index (χ4v) is 3.76. The molecule has 4 nitrogen and oxygen atoms in total. The Morgan fingerprint density at radius 3 is 3.14 bits per heavy atom. The topological polar surface area (TPSA) is 51.5 Å². The standard InChI is InChI=1S/C17H25NO3/c1-2-20-17(19)12-5-3-6-13(11-12)18-15-7-4-8-16-14(15)9-10-21-16/h9-10,12-13,15,18H,2-8,11H2,1H3. The van der Waals surface area contributed by atoms with Crippen molar-refractivity contribution in [3.63, 3.8) is 0 Å². The van der Waals surface area contributed by atoms with Crippen LogP contribution in [0.5, 0.6) is 0 Å². The maximum Gasteiger partial charge on any atom is 0.308 e. The molecule has 1 aromatic heterocycles. The highest BCUT2D eigenvalue weighted by atomic mass is 16.5. The molecule has 0 saturated heterocycles. The maximum atomic E-state index is 11.9. The van der Waals surface area contributed by atoms with E-state index >= 15 is 0 Å². The van der Waals surface area contributed by atoms with Gasteiger partial charge in [0.2, 0.25) is 0 Å². The Balaban J connectivity index is 1.60. The fraction of sp³-hybridized carbons (Fsp3) is 0.706. The second-order valence-electron chi connectivity index (χ2n) is 6.22.